The summed E-state index contributed by atoms with van der Waals surface area (Å²) in [7, 11) is 0. The summed E-state index contributed by atoms with van der Waals surface area (Å²) in [5.41, 5.74) is 0. The number of nitrogens with zero attached hydrogens (tertiary/aromatic N) is 1. The van der Waals surface area contributed by atoms with Crippen LogP contribution in [0.2, 0.25) is 0 Å². The molecule has 0 aromatic heterocycles. The lowest BCUT2D eigenvalue weighted by molar-refractivity contribution is -0.137. The van der Waals surface area contributed by atoms with Crippen LogP contribution < -0.4 is 0 Å². The van der Waals surface area contributed by atoms with Crippen LogP contribution in [0.25, 0.3) is 0 Å². The Morgan fingerprint density at radius 2 is 1.93 bits per heavy atom. The molecule has 1 heterocycles. The van der Waals surface area contributed by atoms with Crippen LogP contribution in [-0.4, -0.2) is 59.4 Å². The van der Waals surface area contributed by atoms with E-state index < -0.39 is 6.10 Å². The third kappa shape index (κ3) is 3.43. The van der Waals surface area contributed by atoms with E-state index in [4.69, 9.17) is 14.9 Å². The van der Waals surface area contributed by atoms with E-state index in [0.717, 1.165) is 4.90 Å². The fraction of sp³-hybridized carbons (Fsp3) is 0.556. The standard InChI is InChI=1S/C9H13NO5/c11-5-7(12)6-15-4-3-10-8(13)1-2-9(10)14/h1-2,7,11-12H,3-6H2/t7-/m1/s1. The van der Waals surface area contributed by atoms with Crippen LogP contribution in [0.15, 0.2) is 12.2 Å². The molecule has 0 aromatic carbocycles. The SMILES string of the molecule is O=C1C=CC(=O)N1CCOC[C@H](O)CO. The predicted molar refractivity (Wildman–Crippen MR) is 49.8 cm³/mol. The molecule has 0 aliphatic carbocycles. The summed E-state index contributed by atoms with van der Waals surface area (Å²) in [6.07, 6.45) is 1.48. The zero-order valence-corrected chi connectivity index (χ0v) is 8.13. The van der Waals surface area contributed by atoms with Crippen LogP contribution in [-0.2, 0) is 14.3 Å². The molecular weight excluding hydrogens is 202 g/mol. The van der Waals surface area contributed by atoms with Gasteiger partial charge in [-0.1, -0.05) is 0 Å². The maximum absolute atomic E-state index is 11.0. The number of carbonyl (C=O) groups excluding carboxylic acids is 2. The lowest BCUT2D eigenvalue weighted by Gasteiger charge is -2.14. The van der Waals surface area contributed by atoms with Gasteiger partial charge in [-0.2, -0.15) is 0 Å². The number of imide groups is 1. The summed E-state index contributed by atoms with van der Waals surface area (Å²) in [6, 6.07) is 0. The minimum absolute atomic E-state index is 0.0137. The number of aliphatic hydroxyl groups is 2. The first-order valence-corrected chi connectivity index (χ1v) is 4.55. The van der Waals surface area contributed by atoms with Crippen LogP contribution >= 0.6 is 0 Å². The molecule has 1 atom stereocenters. The molecule has 2 amide bonds. The summed E-state index contributed by atoms with van der Waals surface area (Å²) in [6.45, 7) is -0.0810. The fourth-order valence-electron chi connectivity index (χ4n) is 1.08. The Kier molecular flexibility index (Phi) is 4.41. The van der Waals surface area contributed by atoms with Crippen molar-refractivity contribution < 1.29 is 24.5 Å². The van der Waals surface area contributed by atoms with Crippen LogP contribution in [0, 0.1) is 0 Å². The quantitative estimate of drug-likeness (QED) is 0.406. The van der Waals surface area contributed by atoms with Crippen molar-refractivity contribution in [2.24, 2.45) is 0 Å². The fourth-order valence-corrected chi connectivity index (χ4v) is 1.08. The smallest absolute Gasteiger partial charge is 0.253 e. The van der Waals surface area contributed by atoms with Gasteiger partial charge in [0.15, 0.2) is 0 Å². The molecule has 0 saturated carbocycles. The molecule has 1 aliphatic heterocycles. The Bertz CT molecular complexity index is 258. The maximum Gasteiger partial charge on any atom is 0.253 e. The summed E-state index contributed by atoms with van der Waals surface area (Å²) >= 11 is 0. The molecule has 1 rings (SSSR count). The van der Waals surface area contributed by atoms with E-state index in [2.05, 4.69) is 0 Å². The van der Waals surface area contributed by atoms with Gasteiger partial charge < -0.3 is 14.9 Å². The molecule has 6 heteroatoms. The molecule has 0 aromatic rings. The van der Waals surface area contributed by atoms with Gasteiger partial charge in [0, 0.05) is 12.2 Å². The highest BCUT2D eigenvalue weighted by Gasteiger charge is 2.22. The van der Waals surface area contributed by atoms with Crippen molar-refractivity contribution in [3.63, 3.8) is 0 Å². The Labute approximate surface area is 86.7 Å². The average molecular weight is 215 g/mol. The van der Waals surface area contributed by atoms with E-state index in [1.165, 1.54) is 12.2 Å². The van der Waals surface area contributed by atoms with Gasteiger partial charge in [0.25, 0.3) is 11.8 Å². The van der Waals surface area contributed by atoms with Gasteiger partial charge in [0.05, 0.1) is 26.4 Å². The van der Waals surface area contributed by atoms with Crippen molar-refractivity contribution in [2.45, 2.75) is 6.10 Å². The molecule has 0 spiro atoms. The average Bonchev–Trinajstić information content (AvgIpc) is 2.54. The number of amides is 2. The predicted octanol–water partition coefficient (Wildman–Crippen LogP) is -1.72. The second-order valence-corrected chi connectivity index (χ2v) is 3.07. The van der Waals surface area contributed by atoms with E-state index in [0.29, 0.717) is 0 Å². The normalized spacial score (nSPS) is 17.6. The Morgan fingerprint density at radius 3 is 2.47 bits per heavy atom. The van der Waals surface area contributed by atoms with Gasteiger partial charge >= 0.3 is 0 Å². The van der Waals surface area contributed by atoms with Gasteiger partial charge in [-0.15, -0.1) is 0 Å². The first-order valence-electron chi connectivity index (χ1n) is 4.55. The number of rotatable bonds is 6. The van der Waals surface area contributed by atoms with Crippen molar-refractivity contribution in [1.29, 1.82) is 0 Å². The van der Waals surface area contributed by atoms with Gasteiger partial charge in [0.2, 0.25) is 0 Å². The largest absolute Gasteiger partial charge is 0.394 e. The van der Waals surface area contributed by atoms with E-state index in [1.807, 2.05) is 0 Å². The van der Waals surface area contributed by atoms with Gasteiger partial charge in [-0.3, -0.25) is 14.5 Å². The summed E-state index contributed by atoms with van der Waals surface area (Å²) in [5, 5.41) is 17.4. The van der Waals surface area contributed by atoms with Crippen LogP contribution in [0.4, 0.5) is 0 Å². The summed E-state index contributed by atoms with van der Waals surface area (Å²) in [4.78, 5) is 23.1. The molecule has 0 unspecified atom stereocenters. The minimum atomic E-state index is -0.923. The molecule has 0 bridgehead atoms. The molecule has 15 heavy (non-hydrogen) atoms. The van der Waals surface area contributed by atoms with Gasteiger partial charge in [-0.25, -0.2) is 0 Å². The highest BCUT2D eigenvalue weighted by atomic mass is 16.5. The van der Waals surface area contributed by atoms with Gasteiger partial charge in [0.1, 0.15) is 6.10 Å². The molecule has 6 nitrogen and oxygen atoms in total. The minimum Gasteiger partial charge on any atom is -0.394 e. The Hall–Kier alpha value is -1.24. The summed E-state index contributed by atoms with van der Waals surface area (Å²) < 4.78 is 4.96. The zero-order valence-electron chi connectivity index (χ0n) is 8.13. The van der Waals surface area contributed by atoms with Gasteiger partial charge in [-0.05, 0) is 0 Å². The van der Waals surface area contributed by atoms with Crippen LogP contribution in [0.5, 0.6) is 0 Å². The van der Waals surface area contributed by atoms with Crippen molar-refractivity contribution in [2.75, 3.05) is 26.4 Å². The second-order valence-electron chi connectivity index (χ2n) is 3.07. The number of hydrogen-bond acceptors (Lipinski definition) is 5. The summed E-state index contributed by atoms with van der Waals surface area (Å²) in [5.74, 6) is -0.711. The third-order valence-electron chi connectivity index (χ3n) is 1.88. The lowest BCUT2D eigenvalue weighted by atomic mass is 10.4. The van der Waals surface area contributed by atoms with Crippen LogP contribution in [0.3, 0.4) is 0 Å². The number of aliphatic hydroxyl groups excluding tert-OH is 2. The highest BCUT2D eigenvalue weighted by molar-refractivity contribution is 6.12. The molecule has 2 N–H and O–H groups in total. The highest BCUT2D eigenvalue weighted by Crippen LogP contribution is 2.02. The van der Waals surface area contributed by atoms with Crippen LogP contribution in [0.1, 0.15) is 0 Å². The lowest BCUT2D eigenvalue weighted by Crippen LogP contribution is -2.34. The molecule has 0 radical (unpaired) electrons. The van der Waals surface area contributed by atoms with Crippen molar-refractivity contribution in [3.05, 3.63) is 12.2 Å². The number of hydrogen-bond donors (Lipinski definition) is 2. The van der Waals surface area contributed by atoms with Crippen molar-refractivity contribution in [1.82, 2.24) is 4.90 Å². The first-order chi connectivity index (χ1) is 7.15. The molecule has 84 valence electrons. The Balaban J connectivity index is 2.16. The van der Waals surface area contributed by atoms with Crippen molar-refractivity contribution >= 4 is 11.8 Å². The third-order valence-corrected chi connectivity index (χ3v) is 1.88. The Morgan fingerprint density at radius 1 is 1.33 bits per heavy atom. The monoisotopic (exact) mass is 215 g/mol. The van der Waals surface area contributed by atoms with E-state index in [9.17, 15) is 9.59 Å². The van der Waals surface area contributed by atoms with E-state index in [1.54, 1.807) is 0 Å². The zero-order chi connectivity index (χ0) is 11.3. The maximum atomic E-state index is 11.0. The molecular formula is C9H13NO5. The molecule has 0 fully saturated rings. The molecule has 0 saturated heterocycles. The second kappa shape index (κ2) is 5.59. The number of carbonyl (C=O) groups is 2. The molecule has 1 aliphatic rings. The topological polar surface area (TPSA) is 87.1 Å². The van der Waals surface area contributed by atoms with E-state index >= 15 is 0 Å². The van der Waals surface area contributed by atoms with E-state index in [-0.39, 0.29) is 38.2 Å². The first kappa shape index (κ1) is 11.8. The number of ether oxygens (including phenoxy) is 1. The van der Waals surface area contributed by atoms with Crippen molar-refractivity contribution in [3.8, 4) is 0 Å².